The fourth-order valence-electron chi connectivity index (χ4n) is 2.37. The lowest BCUT2D eigenvalue weighted by molar-refractivity contribution is -0.0178. The standard InChI is InChI=1S/C22H30N2O5/c1(2-4-22-5-7-23-8-6-22)3-9-24-10-12-25-14-16-27-18-20-29-21-19-28-17-15-26-13-11-24/h5-8H,9-21H2. The summed E-state index contributed by atoms with van der Waals surface area (Å²) in [6.07, 6.45) is 3.43. The van der Waals surface area contributed by atoms with Crippen molar-refractivity contribution in [1.29, 1.82) is 0 Å². The van der Waals surface area contributed by atoms with Crippen LogP contribution in [0.5, 0.6) is 0 Å². The van der Waals surface area contributed by atoms with Crippen LogP contribution in [-0.4, -0.2) is 95.6 Å². The zero-order valence-electron chi connectivity index (χ0n) is 16.9. The Labute approximate surface area is 173 Å². The van der Waals surface area contributed by atoms with E-state index in [9.17, 15) is 0 Å². The third-order valence-corrected chi connectivity index (χ3v) is 3.93. The van der Waals surface area contributed by atoms with Crippen LogP contribution in [0.2, 0.25) is 0 Å². The van der Waals surface area contributed by atoms with Gasteiger partial charge in [0.15, 0.2) is 0 Å². The summed E-state index contributed by atoms with van der Waals surface area (Å²) >= 11 is 0. The highest BCUT2D eigenvalue weighted by molar-refractivity contribution is 5.38. The number of nitrogens with zero attached hydrogens (tertiary/aromatic N) is 2. The highest BCUT2D eigenvalue weighted by Gasteiger charge is 2.04. The second-order valence-electron chi connectivity index (χ2n) is 6.13. The smallest absolute Gasteiger partial charge is 0.0701 e. The van der Waals surface area contributed by atoms with Crippen LogP contribution in [0.3, 0.4) is 0 Å². The lowest BCUT2D eigenvalue weighted by Gasteiger charge is -2.19. The summed E-state index contributed by atoms with van der Waals surface area (Å²) in [7, 11) is 0. The summed E-state index contributed by atoms with van der Waals surface area (Å²) in [5.41, 5.74) is 0.906. The normalized spacial score (nSPS) is 18.9. The van der Waals surface area contributed by atoms with Gasteiger partial charge in [-0.1, -0.05) is 11.8 Å². The fraction of sp³-hybridized carbons (Fsp3) is 0.591. The Balaban J connectivity index is 1.74. The monoisotopic (exact) mass is 402 g/mol. The summed E-state index contributed by atoms with van der Waals surface area (Å²) in [6, 6.07) is 3.72. The number of aromatic nitrogens is 1. The van der Waals surface area contributed by atoms with Crippen LogP contribution in [0, 0.1) is 23.7 Å². The molecule has 0 aliphatic carbocycles. The Bertz CT molecular complexity index is 630. The molecule has 0 N–H and O–H groups in total. The molecule has 0 radical (unpaired) electrons. The van der Waals surface area contributed by atoms with Gasteiger partial charge in [-0.15, -0.1) is 0 Å². The van der Waals surface area contributed by atoms with Crippen molar-refractivity contribution < 1.29 is 23.7 Å². The first-order chi connectivity index (χ1) is 14.4. The summed E-state index contributed by atoms with van der Waals surface area (Å²) in [4.78, 5) is 6.16. The summed E-state index contributed by atoms with van der Waals surface area (Å²) in [5, 5.41) is 0. The molecule has 1 saturated heterocycles. The van der Waals surface area contributed by atoms with Crippen molar-refractivity contribution in [2.24, 2.45) is 0 Å². The maximum atomic E-state index is 5.64. The lowest BCUT2D eigenvalue weighted by Crippen LogP contribution is -2.32. The van der Waals surface area contributed by atoms with E-state index in [2.05, 4.69) is 33.6 Å². The predicted molar refractivity (Wildman–Crippen MR) is 109 cm³/mol. The van der Waals surface area contributed by atoms with Crippen molar-refractivity contribution in [3.8, 4) is 23.7 Å². The predicted octanol–water partition coefficient (Wildman–Crippen LogP) is 0.835. The Hall–Kier alpha value is -1.97. The Morgan fingerprint density at radius 1 is 0.690 bits per heavy atom. The molecule has 0 unspecified atom stereocenters. The molecule has 0 spiro atoms. The molecular formula is C22H30N2O5. The van der Waals surface area contributed by atoms with Gasteiger partial charge in [-0.3, -0.25) is 9.88 Å². The van der Waals surface area contributed by atoms with Crippen molar-refractivity contribution in [1.82, 2.24) is 9.88 Å². The van der Waals surface area contributed by atoms with Gasteiger partial charge in [0, 0.05) is 31.0 Å². The topological polar surface area (TPSA) is 62.3 Å². The van der Waals surface area contributed by atoms with Crippen LogP contribution in [0.15, 0.2) is 24.5 Å². The second kappa shape index (κ2) is 16.9. The largest absolute Gasteiger partial charge is 0.378 e. The van der Waals surface area contributed by atoms with Gasteiger partial charge in [0.2, 0.25) is 0 Å². The molecule has 0 bridgehead atoms. The number of hydrogen-bond donors (Lipinski definition) is 0. The Morgan fingerprint density at radius 2 is 1.17 bits per heavy atom. The third kappa shape index (κ3) is 13.0. The highest BCUT2D eigenvalue weighted by Crippen LogP contribution is 1.93. The first-order valence-corrected chi connectivity index (χ1v) is 9.95. The molecule has 2 heterocycles. The van der Waals surface area contributed by atoms with Crippen molar-refractivity contribution >= 4 is 0 Å². The molecule has 7 heteroatoms. The van der Waals surface area contributed by atoms with Crippen LogP contribution < -0.4 is 0 Å². The zero-order valence-corrected chi connectivity index (χ0v) is 16.9. The van der Waals surface area contributed by atoms with Crippen LogP contribution in [0.1, 0.15) is 5.56 Å². The van der Waals surface area contributed by atoms with Crippen LogP contribution in [0.4, 0.5) is 0 Å². The van der Waals surface area contributed by atoms with Crippen LogP contribution in [0.25, 0.3) is 0 Å². The molecular weight excluding hydrogens is 372 g/mol. The minimum absolute atomic E-state index is 0.563. The van der Waals surface area contributed by atoms with Crippen molar-refractivity contribution in [3.63, 3.8) is 0 Å². The summed E-state index contributed by atoms with van der Waals surface area (Å²) in [5.74, 6) is 11.9. The maximum Gasteiger partial charge on any atom is 0.0701 e. The van der Waals surface area contributed by atoms with E-state index in [-0.39, 0.29) is 0 Å². The molecule has 1 aliphatic heterocycles. The van der Waals surface area contributed by atoms with Gasteiger partial charge in [0.25, 0.3) is 0 Å². The Kier molecular flexibility index (Phi) is 13.6. The van der Waals surface area contributed by atoms with Gasteiger partial charge < -0.3 is 23.7 Å². The minimum Gasteiger partial charge on any atom is -0.378 e. The van der Waals surface area contributed by atoms with Crippen molar-refractivity contribution in [3.05, 3.63) is 30.1 Å². The molecule has 0 atom stereocenters. The van der Waals surface area contributed by atoms with E-state index in [1.807, 2.05) is 12.1 Å². The van der Waals surface area contributed by atoms with Crippen molar-refractivity contribution in [2.75, 3.05) is 85.7 Å². The van der Waals surface area contributed by atoms with Crippen molar-refractivity contribution in [2.45, 2.75) is 0 Å². The minimum atomic E-state index is 0.563. The fourth-order valence-corrected chi connectivity index (χ4v) is 2.37. The zero-order chi connectivity index (χ0) is 20.2. The third-order valence-electron chi connectivity index (χ3n) is 3.93. The summed E-state index contributed by atoms with van der Waals surface area (Å²) < 4.78 is 27.6. The van der Waals surface area contributed by atoms with E-state index in [0.29, 0.717) is 72.6 Å². The second-order valence-corrected chi connectivity index (χ2v) is 6.13. The average molecular weight is 402 g/mol. The van der Waals surface area contributed by atoms with E-state index in [1.54, 1.807) is 12.4 Å². The lowest BCUT2D eigenvalue weighted by atomic mass is 10.3. The van der Waals surface area contributed by atoms with Gasteiger partial charge in [-0.25, -0.2) is 0 Å². The van der Waals surface area contributed by atoms with Gasteiger partial charge >= 0.3 is 0 Å². The molecule has 1 aromatic rings. The Morgan fingerprint density at radius 3 is 1.69 bits per heavy atom. The van der Waals surface area contributed by atoms with Gasteiger partial charge in [0.05, 0.1) is 72.6 Å². The first-order valence-electron chi connectivity index (χ1n) is 9.95. The SMILES string of the molecule is C(C#Cc1ccncc1)#CCN1CCOCCOCCOCCOCCOCC1. The molecule has 158 valence electrons. The number of pyridine rings is 1. The molecule has 1 aromatic heterocycles. The molecule has 1 aliphatic rings. The van der Waals surface area contributed by atoms with Gasteiger partial charge in [0.1, 0.15) is 0 Å². The maximum absolute atomic E-state index is 5.64. The molecule has 0 aromatic carbocycles. The number of ether oxygens (including phenoxy) is 5. The molecule has 2 rings (SSSR count). The first kappa shape index (κ1) is 23.3. The van der Waals surface area contributed by atoms with Crippen LogP contribution >= 0.6 is 0 Å². The van der Waals surface area contributed by atoms with Gasteiger partial charge in [-0.2, -0.15) is 0 Å². The van der Waals surface area contributed by atoms with Crippen LogP contribution in [-0.2, 0) is 23.7 Å². The molecule has 0 saturated carbocycles. The van der Waals surface area contributed by atoms with E-state index in [1.165, 1.54) is 0 Å². The quantitative estimate of drug-likeness (QED) is 0.645. The van der Waals surface area contributed by atoms with E-state index < -0.39 is 0 Å². The highest BCUT2D eigenvalue weighted by atomic mass is 16.6. The number of hydrogen-bond acceptors (Lipinski definition) is 7. The molecule has 1 fully saturated rings. The molecule has 7 nitrogen and oxygen atoms in total. The van der Waals surface area contributed by atoms with Gasteiger partial charge in [-0.05, 0) is 24.0 Å². The number of rotatable bonds is 1. The van der Waals surface area contributed by atoms with E-state index in [0.717, 1.165) is 18.7 Å². The average Bonchev–Trinajstić information content (AvgIpc) is 2.75. The molecule has 29 heavy (non-hydrogen) atoms. The summed E-state index contributed by atoms with van der Waals surface area (Å²) in [6.45, 7) is 7.91. The van der Waals surface area contributed by atoms with E-state index in [4.69, 9.17) is 23.7 Å². The van der Waals surface area contributed by atoms with E-state index >= 15 is 0 Å². The molecule has 0 amide bonds.